The van der Waals surface area contributed by atoms with Crippen LogP contribution in [0.25, 0.3) is 5.57 Å². The second-order valence-electron chi connectivity index (χ2n) is 10.8. The Hall–Kier alpha value is -4.11. The third-order valence-corrected chi connectivity index (χ3v) is 7.87. The first-order valence-corrected chi connectivity index (χ1v) is 13.3. The van der Waals surface area contributed by atoms with Crippen LogP contribution in [-0.2, 0) is 5.41 Å². The summed E-state index contributed by atoms with van der Waals surface area (Å²) in [6, 6.07) is 32.2. The summed E-state index contributed by atoms with van der Waals surface area (Å²) >= 11 is 0. The monoisotopic (exact) mass is 518 g/mol. The second kappa shape index (κ2) is 10.6. The molecule has 5 rings (SSSR count). The Balaban J connectivity index is 1.84. The number of hydrogen-bond acceptors (Lipinski definition) is 2. The highest BCUT2D eigenvalue weighted by atomic mass is 19.1. The second-order valence-corrected chi connectivity index (χ2v) is 10.8. The van der Waals surface area contributed by atoms with Crippen LogP contribution in [0.3, 0.4) is 0 Å². The molecule has 198 valence electrons. The molecule has 0 heterocycles. The highest BCUT2D eigenvalue weighted by Gasteiger charge is 2.40. The van der Waals surface area contributed by atoms with Gasteiger partial charge in [-0.15, -0.1) is 0 Å². The highest BCUT2D eigenvalue weighted by Crippen LogP contribution is 2.55. The van der Waals surface area contributed by atoms with Crippen LogP contribution in [0.1, 0.15) is 61.4 Å². The molecule has 3 heteroatoms. The first-order chi connectivity index (χ1) is 18.8. The van der Waals surface area contributed by atoms with E-state index < -0.39 is 0 Å². The van der Waals surface area contributed by atoms with Gasteiger partial charge in [0.05, 0.1) is 14.2 Å². The Morgan fingerprint density at radius 1 is 0.744 bits per heavy atom. The molecule has 0 spiro atoms. The van der Waals surface area contributed by atoms with Gasteiger partial charge in [0.2, 0.25) is 0 Å². The predicted molar refractivity (Wildman–Crippen MR) is 158 cm³/mol. The van der Waals surface area contributed by atoms with Crippen molar-refractivity contribution in [1.82, 2.24) is 0 Å². The van der Waals surface area contributed by atoms with Crippen molar-refractivity contribution in [2.45, 2.75) is 39.0 Å². The molecule has 0 saturated heterocycles. The van der Waals surface area contributed by atoms with Gasteiger partial charge in [-0.3, -0.25) is 0 Å². The van der Waals surface area contributed by atoms with Crippen molar-refractivity contribution < 1.29 is 13.9 Å². The number of rotatable bonds is 7. The van der Waals surface area contributed by atoms with Crippen molar-refractivity contribution >= 4 is 5.57 Å². The van der Waals surface area contributed by atoms with Crippen molar-refractivity contribution in [1.29, 1.82) is 0 Å². The van der Waals surface area contributed by atoms with Crippen molar-refractivity contribution in [2.24, 2.45) is 0 Å². The molecule has 39 heavy (non-hydrogen) atoms. The molecule has 2 nitrogen and oxygen atoms in total. The molecule has 0 N–H and O–H groups in total. The summed E-state index contributed by atoms with van der Waals surface area (Å²) < 4.78 is 25.8. The Labute approximate surface area is 231 Å². The summed E-state index contributed by atoms with van der Waals surface area (Å²) in [7, 11) is 3.36. The van der Waals surface area contributed by atoms with Crippen LogP contribution in [-0.4, -0.2) is 14.2 Å². The normalized spacial score (nSPS) is 14.7. The van der Waals surface area contributed by atoms with Crippen LogP contribution in [0.2, 0.25) is 0 Å². The van der Waals surface area contributed by atoms with Crippen LogP contribution >= 0.6 is 0 Å². The van der Waals surface area contributed by atoms with Gasteiger partial charge in [-0.05, 0) is 94.8 Å². The molecule has 0 amide bonds. The minimum Gasteiger partial charge on any atom is -0.497 e. The lowest BCUT2D eigenvalue weighted by Crippen LogP contribution is -2.25. The molecule has 0 radical (unpaired) electrons. The van der Waals surface area contributed by atoms with Gasteiger partial charge in [-0.25, -0.2) is 4.39 Å². The van der Waals surface area contributed by atoms with Gasteiger partial charge in [-0.1, -0.05) is 80.1 Å². The van der Waals surface area contributed by atoms with Gasteiger partial charge in [0, 0.05) is 11.3 Å². The maximum Gasteiger partial charge on any atom is 0.123 e. The molecule has 4 aromatic carbocycles. The third-order valence-electron chi connectivity index (χ3n) is 7.87. The molecule has 0 unspecified atom stereocenters. The first kappa shape index (κ1) is 26.5. The molecular weight excluding hydrogens is 483 g/mol. The Kier molecular flexibility index (Phi) is 7.18. The van der Waals surface area contributed by atoms with Gasteiger partial charge in [0.1, 0.15) is 17.3 Å². The molecule has 0 fully saturated rings. The number of halogens is 1. The van der Waals surface area contributed by atoms with Gasteiger partial charge in [-0.2, -0.15) is 0 Å². The number of allylic oxidation sites excluding steroid dienone is 3. The molecular formula is C36H35FO2. The first-order valence-electron chi connectivity index (χ1n) is 13.3. The Bertz CT molecular complexity index is 1540. The average molecular weight is 519 g/mol. The molecule has 4 aromatic rings. The summed E-state index contributed by atoms with van der Waals surface area (Å²) in [6.45, 7) is 8.93. The summed E-state index contributed by atoms with van der Waals surface area (Å²) in [4.78, 5) is 0. The highest BCUT2D eigenvalue weighted by molar-refractivity contribution is 5.93. The van der Waals surface area contributed by atoms with Crippen LogP contribution in [0.15, 0.2) is 114 Å². The molecule has 0 saturated carbocycles. The fourth-order valence-corrected chi connectivity index (χ4v) is 6.16. The van der Waals surface area contributed by atoms with Gasteiger partial charge in [0.15, 0.2) is 0 Å². The standard InChI is InChI=1S/C36H35FO2/c1-23(2)35(36(3,4)26-14-19-29(39-6)20-15-26)34-32(24-10-8-7-9-11-24)30-21-16-27(37)22-31(30)33(34)25-12-17-28(38-5)18-13-25/h7-22,33H,1-6H3/t33-/m0/s1. The van der Waals surface area contributed by atoms with E-state index in [1.807, 2.05) is 36.4 Å². The van der Waals surface area contributed by atoms with E-state index in [1.54, 1.807) is 26.4 Å². The quantitative estimate of drug-likeness (QED) is 0.243. The average Bonchev–Trinajstić information content (AvgIpc) is 3.26. The number of hydrogen-bond donors (Lipinski definition) is 0. The van der Waals surface area contributed by atoms with E-state index in [2.05, 4.69) is 76.2 Å². The Morgan fingerprint density at radius 2 is 1.33 bits per heavy atom. The molecule has 0 aromatic heterocycles. The zero-order valence-electron chi connectivity index (χ0n) is 23.5. The fourth-order valence-electron chi connectivity index (χ4n) is 6.16. The number of benzene rings is 4. The van der Waals surface area contributed by atoms with E-state index in [0.717, 1.165) is 39.3 Å². The Morgan fingerprint density at radius 3 is 1.90 bits per heavy atom. The fraction of sp³-hybridized carbons (Fsp3) is 0.222. The van der Waals surface area contributed by atoms with E-state index in [4.69, 9.17) is 9.47 Å². The summed E-state index contributed by atoms with van der Waals surface area (Å²) in [5, 5.41) is 0. The summed E-state index contributed by atoms with van der Waals surface area (Å²) in [5.41, 5.74) is 9.99. The van der Waals surface area contributed by atoms with E-state index >= 15 is 0 Å². The van der Waals surface area contributed by atoms with Crippen LogP contribution in [0.4, 0.5) is 4.39 Å². The minimum atomic E-state index is -0.341. The zero-order valence-corrected chi connectivity index (χ0v) is 23.5. The minimum absolute atomic E-state index is 0.140. The maximum atomic E-state index is 14.9. The van der Waals surface area contributed by atoms with E-state index in [-0.39, 0.29) is 17.2 Å². The van der Waals surface area contributed by atoms with Crippen LogP contribution in [0.5, 0.6) is 11.5 Å². The van der Waals surface area contributed by atoms with E-state index in [1.165, 1.54) is 22.3 Å². The van der Waals surface area contributed by atoms with Gasteiger partial charge >= 0.3 is 0 Å². The summed E-state index contributed by atoms with van der Waals surface area (Å²) in [5.74, 6) is 1.26. The van der Waals surface area contributed by atoms with Crippen molar-refractivity contribution in [3.05, 3.63) is 147 Å². The van der Waals surface area contributed by atoms with Gasteiger partial charge in [0.25, 0.3) is 0 Å². The molecule has 1 aliphatic rings. The lowest BCUT2D eigenvalue weighted by Gasteiger charge is -2.35. The van der Waals surface area contributed by atoms with Gasteiger partial charge < -0.3 is 9.47 Å². The van der Waals surface area contributed by atoms with Crippen LogP contribution in [0, 0.1) is 5.82 Å². The van der Waals surface area contributed by atoms with Crippen molar-refractivity contribution in [3.63, 3.8) is 0 Å². The molecule has 0 bridgehead atoms. The third kappa shape index (κ3) is 4.78. The molecule has 0 aliphatic heterocycles. The number of ether oxygens (including phenoxy) is 2. The SMILES string of the molecule is COc1ccc([C@@H]2C(C(=C(C)C)C(C)(C)c3ccc(OC)cc3)=C(c3ccccc3)c3ccc(F)cc32)cc1. The van der Waals surface area contributed by atoms with E-state index in [9.17, 15) is 4.39 Å². The maximum absolute atomic E-state index is 14.9. The van der Waals surface area contributed by atoms with E-state index in [0.29, 0.717) is 0 Å². The number of fused-ring (bicyclic) bond motifs is 1. The van der Waals surface area contributed by atoms with Crippen molar-refractivity contribution in [3.8, 4) is 11.5 Å². The lowest BCUT2D eigenvalue weighted by molar-refractivity contribution is 0.414. The summed E-state index contributed by atoms with van der Waals surface area (Å²) in [6.07, 6.45) is 0. The van der Waals surface area contributed by atoms with Crippen molar-refractivity contribution in [2.75, 3.05) is 14.2 Å². The molecule has 1 aliphatic carbocycles. The number of methoxy groups -OCH3 is 2. The molecule has 1 atom stereocenters. The predicted octanol–water partition coefficient (Wildman–Crippen LogP) is 9.10. The van der Waals surface area contributed by atoms with Crippen LogP contribution < -0.4 is 9.47 Å². The zero-order chi connectivity index (χ0) is 27.7. The topological polar surface area (TPSA) is 18.5 Å². The lowest BCUT2D eigenvalue weighted by atomic mass is 9.68. The smallest absolute Gasteiger partial charge is 0.123 e. The largest absolute Gasteiger partial charge is 0.497 e.